The molecule has 0 atom stereocenters. The summed E-state index contributed by atoms with van der Waals surface area (Å²) in [6, 6.07) is 4.44. The third-order valence-corrected chi connectivity index (χ3v) is 4.50. The number of fused-ring (bicyclic) bond motifs is 1. The Bertz CT molecular complexity index is 897. The Morgan fingerprint density at radius 2 is 1.92 bits per heavy atom. The highest BCUT2D eigenvalue weighted by Crippen LogP contribution is 2.19. The third-order valence-electron chi connectivity index (χ3n) is 4.50. The summed E-state index contributed by atoms with van der Waals surface area (Å²) in [5.41, 5.74) is -0.385. The van der Waals surface area contributed by atoms with Crippen LogP contribution < -0.4 is 5.43 Å². The number of carboxylic acid groups (broad SMARTS) is 1. The van der Waals surface area contributed by atoms with Crippen molar-refractivity contribution in [2.24, 2.45) is 0 Å². The van der Waals surface area contributed by atoms with Gasteiger partial charge in [0.05, 0.1) is 18.0 Å². The summed E-state index contributed by atoms with van der Waals surface area (Å²) < 4.78 is 15.8. The zero-order valence-electron chi connectivity index (χ0n) is 14.9. The molecule has 0 aliphatic carbocycles. The predicted octanol–water partition coefficient (Wildman–Crippen LogP) is 4.27. The largest absolute Gasteiger partial charge is 0.477 e. The molecule has 0 amide bonds. The van der Waals surface area contributed by atoms with Crippen molar-refractivity contribution in [3.05, 3.63) is 45.5 Å². The first-order valence-electron chi connectivity index (χ1n) is 8.95. The van der Waals surface area contributed by atoms with Crippen LogP contribution in [0.4, 0.5) is 4.39 Å². The van der Waals surface area contributed by atoms with Crippen LogP contribution >= 0.6 is 0 Å². The van der Waals surface area contributed by atoms with E-state index in [1.54, 1.807) is 4.57 Å². The maximum atomic E-state index is 14.1. The average molecular weight is 358 g/mol. The molecule has 1 aromatic heterocycles. The molecule has 0 unspecified atom stereocenters. The number of halogens is 1. The number of unbranched alkanes of at least 4 members (excludes halogenated alkanes) is 5. The van der Waals surface area contributed by atoms with Crippen LogP contribution in [0.25, 0.3) is 10.9 Å². The molecular formula is C20H23FN2O3. The van der Waals surface area contributed by atoms with Crippen LogP contribution in [0.3, 0.4) is 0 Å². The van der Waals surface area contributed by atoms with Crippen LogP contribution in [0.1, 0.15) is 61.4 Å². The van der Waals surface area contributed by atoms with Crippen molar-refractivity contribution in [1.29, 1.82) is 5.26 Å². The van der Waals surface area contributed by atoms with Crippen LogP contribution in [-0.4, -0.2) is 15.6 Å². The van der Waals surface area contributed by atoms with E-state index in [9.17, 15) is 19.1 Å². The average Bonchev–Trinajstić information content (AvgIpc) is 2.61. The number of benzene rings is 1. The van der Waals surface area contributed by atoms with Crippen molar-refractivity contribution in [2.75, 3.05) is 0 Å². The fourth-order valence-electron chi connectivity index (χ4n) is 3.07. The molecule has 1 aromatic carbocycles. The SMILES string of the molecule is CCCCCCCCn1cc(C(=O)O)c(=O)c2cc(F)c(CC#N)cc21. The van der Waals surface area contributed by atoms with Gasteiger partial charge in [-0.05, 0) is 18.6 Å². The van der Waals surface area contributed by atoms with E-state index < -0.39 is 17.2 Å². The number of carbonyl (C=O) groups is 1. The molecule has 1 N–H and O–H groups in total. The zero-order chi connectivity index (χ0) is 19.1. The smallest absolute Gasteiger partial charge is 0.341 e. The second-order valence-corrected chi connectivity index (χ2v) is 6.43. The van der Waals surface area contributed by atoms with Crippen LogP contribution in [0, 0.1) is 17.1 Å². The van der Waals surface area contributed by atoms with Gasteiger partial charge in [-0.25, -0.2) is 9.18 Å². The summed E-state index contributed by atoms with van der Waals surface area (Å²) >= 11 is 0. The summed E-state index contributed by atoms with van der Waals surface area (Å²) in [4.78, 5) is 23.7. The molecule has 6 heteroatoms. The standard InChI is InChI=1S/C20H23FN2O3/c1-2-3-4-5-6-7-10-23-13-16(20(25)26)19(24)15-12-17(21)14(8-9-22)11-18(15)23/h11-13H,2-8,10H2,1H3,(H,25,26). The molecule has 2 aromatic rings. The van der Waals surface area contributed by atoms with Crippen molar-refractivity contribution < 1.29 is 14.3 Å². The first-order valence-corrected chi connectivity index (χ1v) is 8.95. The molecule has 138 valence electrons. The quantitative estimate of drug-likeness (QED) is 0.679. The molecular weight excluding hydrogens is 335 g/mol. The number of hydrogen-bond donors (Lipinski definition) is 1. The Morgan fingerprint density at radius 1 is 1.23 bits per heavy atom. The number of hydrogen-bond acceptors (Lipinski definition) is 3. The van der Waals surface area contributed by atoms with E-state index in [-0.39, 0.29) is 22.9 Å². The van der Waals surface area contributed by atoms with Gasteiger partial charge in [-0.2, -0.15) is 5.26 Å². The van der Waals surface area contributed by atoms with Crippen molar-refractivity contribution in [1.82, 2.24) is 4.57 Å². The minimum Gasteiger partial charge on any atom is -0.477 e. The molecule has 0 bridgehead atoms. The predicted molar refractivity (Wildman–Crippen MR) is 97.8 cm³/mol. The molecule has 0 radical (unpaired) electrons. The highest BCUT2D eigenvalue weighted by Gasteiger charge is 2.16. The summed E-state index contributed by atoms with van der Waals surface area (Å²) in [6.07, 6.45) is 7.70. The summed E-state index contributed by atoms with van der Waals surface area (Å²) in [6.45, 7) is 2.69. The van der Waals surface area contributed by atoms with Crippen molar-refractivity contribution in [3.63, 3.8) is 0 Å². The van der Waals surface area contributed by atoms with E-state index in [2.05, 4.69) is 6.92 Å². The van der Waals surface area contributed by atoms with E-state index in [4.69, 9.17) is 5.26 Å². The van der Waals surface area contributed by atoms with E-state index in [0.717, 1.165) is 25.3 Å². The van der Waals surface area contributed by atoms with Gasteiger partial charge in [0.25, 0.3) is 0 Å². The molecule has 5 nitrogen and oxygen atoms in total. The maximum Gasteiger partial charge on any atom is 0.341 e. The minimum absolute atomic E-state index is 0.0371. The van der Waals surface area contributed by atoms with Crippen molar-refractivity contribution >= 4 is 16.9 Å². The zero-order valence-corrected chi connectivity index (χ0v) is 14.9. The Morgan fingerprint density at radius 3 is 2.58 bits per heavy atom. The number of aromatic nitrogens is 1. The van der Waals surface area contributed by atoms with Gasteiger partial charge in [-0.15, -0.1) is 0 Å². The van der Waals surface area contributed by atoms with E-state index >= 15 is 0 Å². The summed E-state index contributed by atoms with van der Waals surface area (Å²) in [5, 5.41) is 18.2. The lowest BCUT2D eigenvalue weighted by Crippen LogP contribution is -2.19. The van der Waals surface area contributed by atoms with Gasteiger partial charge in [0, 0.05) is 23.7 Å². The lowest BCUT2D eigenvalue weighted by Gasteiger charge is -2.13. The molecule has 0 aliphatic heterocycles. The lowest BCUT2D eigenvalue weighted by molar-refractivity contribution is 0.0695. The van der Waals surface area contributed by atoms with Crippen molar-refractivity contribution in [2.45, 2.75) is 58.4 Å². The molecule has 2 rings (SSSR count). The molecule has 26 heavy (non-hydrogen) atoms. The first kappa shape index (κ1) is 19.6. The number of nitrogens with zero attached hydrogens (tertiary/aromatic N) is 2. The molecule has 1 heterocycles. The number of aromatic carboxylic acids is 1. The number of carboxylic acids is 1. The van der Waals surface area contributed by atoms with Crippen molar-refractivity contribution in [3.8, 4) is 6.07 Å². The minimum atomic E-state index is -1.32. The van der Waals surface area contributed by atoms with Crippen LogP contribution in [0.5, 0.6) is 0 Å². The summed E-state index contributed by atoms with van der Waals surface area (Å²) in [5.74, 6) is -1.99. The second kappa shape index (κ2) is 9.14. The Hall–Kier alpha value is -2.68. The van der Waals surface area contributed by atoms with Gasteiger partial charge >= 0.3 is 5.97 Å². The number of rotatable bonds is 9. The fraction of sp³-hybridized carbons (Fsp3) is 0.450. The van der Waals surface area contributed by atoms with E-state index in [0.29, 0.717) is 12.1 Å². The Kier molecular flexibility index (Phi) is 6.90. The van der Waals surface area contributed by atoms with Crippen LogP contribution in [0.2, 0.25) is 0 Å². The number of pyridine rings is 1. The highest BCUT2D eigenvalue weighted by atomic mass is 19.1. The number of aryl methyl sites for hydroxylation is 1. The van der Waals surface area contributed by atoms with Crippen LogP contribution in [-0.2, 0) is 13.0 Å². The maximum absolute atomic E-state index is 14.1. The van der Waals surface area contributed by atoms with E-state index in [1.807, 2.05) is 6.07 Å². The third kappa shape index (κ3) is 4.48. The van der Waals surface area contributed by atoms with Gasteiger partial charge in [0.2, 0.25) is 5.43 Å². The first-order chi connectivity index (χ1) is 12.5. The molecule has 0 aliphatic rings. The van der Waals surface area contributed by atoms with Gasteiger partial charge < -0.3 is 9.67 Å². The highest BCUT2D eigenvalue weighted by molar-refractivity contribution is 5.92. The Balaban J connectivity index is 2.40. The van der Waals surface area contributed by atoms with Gasteiger partial charge in [-0.3, -0.25) is 4.79 Å². The fourth-order valence-corrected chi connectivity index (χ4v) is 3.07. The van der Waals surface area contributed by atoms with Crippen LogP contribution in [0.15, 0.2) is 23.1 Å². The van der Waals surface area contributed by atoms with Gasteiger partial charge in [0.15, 0.2) is 0 Å². The Labute approximate surface area is 151 Å². The van der Waals surface area contributed by atoms with Gasteiger partial charge in [-0.1, -0.05) is 39.0 Å². The molecule has 0 fully saturated rings. The summed E-state index contributed by atoms with van der Waals surface area (Å²) in [7, 11) is 0. The lowest BCUT2D eigenvalue weighted by atomic mass is 10.1. The van der Waals surface area contributed by atoms with Gasteiger partial charge in [0.1, 0.15) is 11.4 Å². The normalized spacial score (nSPS) is 10.8. The number of nitriles is 1. The molecule has 0 saturated carbocycles. The second-order valence-electron chi connectivity index (χ2n) is 6.43. The molecule has 0 spiro atoms. The topological polar surface area (TPSA) is 83.1 Å². The monoisotopic (exact) mass is 358 g/mol. The molecule has 0 saturated heterocycles. The van der Waals surface area contributed by atoms with E-state index in [1.165, 1.54) is 31.5 Å².